The summed E-state index contributed by atoms with van der Waals surface area (Å²) in [5.41, 5.74) is 5.00. The Bertz CT molecular complexity index is 178. The third-order valence-electron chi connectivity index (χ3n) is 2.65. The molecule has 1 aliphatic carbocycles. The fraction of sp³-hybridized carbons (Fsp3) is 0.667. The zero-order valence-electron chi connectivity index (χ0n) is 6.65. The van der Waals surface area contributed by atoms with Crippen molar-refractivity contribution in [2.24, 2.45) is 11.3 Å². The topological polar surface area (TPSA) is 0 Å². The maximum absolute atomic E-state index is 3.25. The van der Waals surface area contributed by atoms with Crippen molar-refractivity contribution < 1.29 is 0 Å². The average Bonchev–Trinajstić information content (AvgIpc) is 1.96. The molecule has 0 saturated carbocycles. The summed E-state index contributed by atoms with van der Waals surface area (Å²) in [5.74, 6) is 0.664. The molecule has 0 saturated heterocycles. The standard InChI is InChI=1S/C9H14/c1-7-5-6-8(2)9(7,3)4/h5,7H,1-4H3. The molecular formula is C9H14. The molecule has 0 amide bonds. The molecule has 0 aromatic rings. The summed E-state index contributed by atoms with van der Waals surface area (Å²) in [6.07, 6.45) is 2.16. The number of allylic oxidation sites excluding steroid dienone is 1. The molecule has 0 spiro atoms. The highest BCUT2D eigenvalue weighted by Gasteiger charge is 2.28. The summed E-state index contributed by atoms with van der Waals surface area (Å²) < 4.78 is 0. The first-order valence-corrected chi connectivity index (χ1v) is 3.49. The van der Waals surface area contributed by atoms with Gasteiger partial charge in [0.25, 0.3) is 0 Å². The lowest BCUT2D eigenvalue weighted by Gasteiger charge is -2.25. The molecule has 0 aromatic heterocycles. The van der Waals surface area contributed by atoms with Crippen molar-refractivity contribution >= 4 is 0 Å². The molecule has 0 fully saturated rings. The van der Waals surface area contributed by atoms with Crippen molar-refractivity contribution in [1.82, 2.24) is 0 Å². The van der Waals surface area contributed by atoms with Crippen LogP contribution in [0, 0.1) is 11.3 Å². The van der Waals surface area contributed by atoms with Crippen LogP contribution in [0.4, 0.5) is 0 Å². The summed E-state index contributed by atoms with van der Waals surface area (Å²) in [6.45, 7) is 8.93. The Hall–Kier alpha value is -0.480. The summed E-state index contributed by atoms with van der Waals surface area (Å²) in [4.78, 5) is 0. The van der Waals surface area contributed by atoms with Gasteiger partial charge in [-0.25, -0.2) is 0 Å². The van der Waals surface area contributed by atoms with E-state index in [1.807, 2.05) is 0 Å². The van der Waals surface area contributed by atoms with Gasteiger partial charge in [-0.1, -0.05) is 20.8 Å². The minimum Gasteiger partial charge on any atom is -0.125 e. The molecule has 0 N–H and O–H groups in total. The molecule has 0 aliphatic heterocycles. The molecule has 0 bridgehead atoms. The second kappa shape index (κ2) is 1.75. The van der Waals surface area contributed by atoms with Crippen molar-refractivity contribution in [2.45, 2.75) is 27.7 Å². The highest BCUT2D eigenvalue weighted by Crippen LogP contribution is 2.38. The third-order valence-corrected chi connectivity index (χ3v) is 2.65. The Morgan fingerprint density at radius 3 is 2.22 bits per heavy atom. The van der Waals surface area contributed by atoms with E-state index in [1.165, 1.54) is 5.57 Å². The van der Waals surface area contributed by atoms with Crippen LogP contribution in [-0.4, -0.2) is 0 Å². The first-order valence-electron chi connectivity index (χ1n) is 3.49. The van der Waals surface area contributed by atoms with Gasteiger partial charge in [-0.15, -0.1) is 5.73 Å². The number of rotatable bonds is 0. The van der Waals surface area contributed by atoms with Crippen molar-refractivity contribution in [2.75, 3.05) is 0 Å². The maximum atomic E-state index is 3.25. The van der Waals surface area contributed by atoms with Crippen LogP contribution in [-0.2, 0) is 0 Å². The molecule has 50 valence electrons. The number of hydrogen-bond donors (Lipinski definition) is 0. The Kier molecular flexibility index (Phi) is 1.29. The maximum Gasteiger partial charge on any atom is -0.000560 e. The smallest absolute Gasteiger partial charge is 0.000560 e. The van der Waals surface area contributed by atoms with E-state index in [-0.39, 0.29) is 0 Å². The summed E-state index contributed by atoms with van der Waals surface area (Å²) in [7, 11) is 0. The van der Waals surface area contributed by atoms with Crippen LogP contribution in [0.1, 0.15) is 27.7 Å². The molecule has 1 unspecified atom stereocenters. The minimum atomic E-state index is 0.361. The highest BCUT2D eigenvalue weighted by atomic mass is 14.3. The van der Waals surface area contributed by atoms with Crippen LogP contribution in [0.3, 0.4) is 0 Å². The summed E-state index contributed by atoms with van der Waals surface area (Å²) in [6, 6.07) is 0. The van der Waals surface area contributed by atoms with E-state index in [2.05, 4.69) is 39.5 Å². The van der Waals surface area contributed by atoms with Crippen molar-refractivity contribution in [3.05, 3.63) is 17.4 Å². The summed E-state index contributed by atoms with van der Waals surface area (Å²) >= 11 is 0. The van der Waals surface area contributed by atoms with E-state index in [4.69, 9.17) is 0 Å². The highest BCUT2D eigenvalue weighted by molar-refractivity contribution is 5.19. The minimum absolute atomic E-state index is 0.361. The summed E-state index contributed by atoms with van der Waals surface area (Å²) in [5, 5.41) is 0. The molecule has 1 atom stereocenters. The molecule has 0 heterocycles. The zero-order valence-corrected chi connectivity index (χ0v) is 6.65. The first-order chi connectivity index (χ1) is 4.05. The zero-order chi connectivity index (χ0) is 7.07. The molecule has 1 aliphatic rings. The van der Waals surface area contributed by atoms with Gasteiger partial charge in [0.2, 0.25) is 0 Å². The van der Waals surface area contributed by atoms with Crippen LogP contribution in [0.25, 0.3) is 0 Å². The van der Waals surface area contributed by atoms with E-state index in [0.717, 1.165) is 0 Å². The molecule has 0 radical (unpaired) electrons. The van der Waals surface area contributed by atoms with Gasteiger partial charge in [0.1, 0.15) is 0 Å². The van der Waals surface area contributed by atoms with E-state index >= 15 is 0 Å². The average molecular weight is 122 g/mol. The fourth-order valence-corrected chi connectivity index (χ4v) is 0.986. The van der Waals surface area contributed by atoms with Crippen LogP contribution in [0.2, 0.25) is 0 Å². The predicted octanol–water partition coefficient (Wildman–Crippen LogP) is 2.76. The van der Waals surface area contributed by atoms with Crippen LogP contribution in [0.5, 0.6) is 0 Å². The van der Waals surface area contributed by atoms with Crippen molar-refractivity contribution in [1.29, 1.82) is 0 Å². The second-order valence-electron chi connectivity index (χ2n) is 3.45. The predicted molar refractivity (Wildman–Crippen MR) is 40.2 cm³/mol. The molecular weight excluding hydrogens is 108 g/mol. The van der Waals surface area contributed by atoms with Crippen LogP contribution >= 0.6 is 0 Å². The van der Waals surface area contributed by atoms with E-state index in [9.17, 15) is 0 Å². The van der Waals surface area contributed by atoms with E-state index in [1.54, 1.807) is 0 Å². The Labute approximate surface area is 57.3 Å². The van der Waals surface area contributed by atoms with Gasteiger partial charge in [-0.2, -0.15) is 0 Å². The van der Waals surface area contributed by atoms with Gasteiger partial charge in [0.15, 0.2) is 0 Å². The van der Waals surface area contributed by atoms with Crippen molar-refractivity contribution in [3.63, 3.8) is 0 Å². The van der Waals surface area contributed by atoms with Gasteiger partial charge >= 0.3 is 0 Å². The van der Waals surface area contributed by atoms with E-state index < -0.39 is 0 Å². The second-order valence-corrected chi connectivity index (χ2v) is 3.45. The lowest BCUT2D eigenvalue weighted by atomic mass is 9.78. The van der Waals surface area contributed by atoms with Crippen molar-refractivity contribution in [3.8, 4) is 0 Å². The number of hydrogen-bond acceptors (Lipinski definition) is 0. The van der Waals surface area contributed by atoms with Gasteiger partial charge in [0, 0.05) is 0 Å². The fourth-order valence-electron chi connectivity index (χ4n) is 0.986. The quantitative estimate of drug-likeness (QED) is 0.433. The van der Waals surface area contributed by atoms with Gasteiger partial charge < -0.3 is 0 Å². The molecule has 0 nitrogen and oxygen atoms in total. The molecule has 0 aromatic carbocycles. The molecule has 9 heavy (non-hydrogen) atoms. The molecule has 0 heteroatoms. The third kappa shape index (κ3) is 0.840. The van der Waals surface area contributed by atoms with Crippen LogP contribution in [0.15, 0.2) is 17.4 Å². The van der Waals surface area contributed by atoms with Gasteiger partial charge in [-0.05, 0) is 29.9 Å². The lowest BCUT2D eigenvalue weighted by Crippen LogP contribution is -2.17. The largest absolute Gasteiger partial charge is 0.125 e. The van der Waals surface area contributed by atoms with Crippen LogP contribution < -0.4 is 0 Å². The molecule has 1 rings (SSSR count). The Morgan fingerprint density at radius 1 is 1.56 bits per heavy atom. The SMILES string of the molecule is CC1=C=CC(C)C1(C)C. The van der Waals surface area contributed by atoms with Gasteiger partial charge in [0.05, 0.1) is 0 Å². The van der Waals surface area contributed by atoms with Gasteiger partial charge in [-0.3, -0.25) is 0 Å². The lowest BCUT2D eigenvalue weighted by molar-refractivity contribution is 0.357. The van der Waals surface area contributed by atoms with E-state index in [0.29, 0.717) is 11.3 Å². The normalized spacial score (nSPS) is 30.7. The monoisotopic (exact) mass is 122 g/mol. The Balaban J connectivity index is 2.91. The Morgan fingerprint density at radius 2 is 2.11 bits per heavy atom. The first kappa shape index (κ1) is 6.64.